The Labute approximate surface area is 86.6 Å². The van der Waals surface area contributed by atoms with Crippen molar-refractivity contribution >= 4 is 17.6 Å². The Hall–Kier alpha value is -1.29. The molecule has 76 valence electrons. The van der Waals surface area contributed by atoms with Crippen molar-refractivity contribution in [2.75, 3.05) is 6.61 Å². The second-order valence-corrected chi connectivity index (χ2v) is 3.10. The fourth-order valence-electron chi connectivity index (χ4n) is 1.00. The van der Waals surface area contributed by atoms with E-state index in [4.69, 9.17) is 16.3 Å². The molecule has 14 heavy (non-hydrogen) atoms. The zero-order valence-electron chi connectivity index (χ0n) is 7.74. The van der Waals surface area contributed by atoms with Gasteiger partial charge in [0.1, 0.15) is 6.42 Å². The third-order valence-electron chi connectivity index (χ3n) is 1.60. The van der Waals surface area contributed by atoms with Gasteiger partial charge in [-0.25, -0.2) is 0 Å². The Balaban J connectivity index is 2.75. The van der Waals surface area contributed by atoms with Gasteiger partial charge in [-0.15, -0.1) is 0 Å². The van der Waals surface area contributed by atoms with Gasteiger partial charge in [-0.2, -0.15) is 0 Å². The molecule has 0 saturated carbocycles. The number of rotatable bonds is 3. The number of pyridine rings is 1. The van der Waals surface area contributed by atoms with Gasteiger partial charge in [0, 0.05) is 16.9 Å². The lowest BCUT2D eigenvalue weighted by molar-refractivity contribution is -0.909. The van der Waals surface area contributed by atoms with Crippen molar-refractivity contribution in [2.45, 2.75) is 13.3 Å². The quantitative estimate of drug-likeness (QED) is 0.465. The highest BCUT2D eigenvalue weighted by atomic mass is 35.5. The monoisotopic (exact) mass is 216 g/mol. The van der Waals surface area contributed by atoms with E-state index in [0.717, 1.165) is 4.73 Å². The number of nitrogens with zero attached hydrogens (tertiary/aromatic N) is 1. The molecule has 0 radical (unpaired) electrons. The number of hydrogen-bond acceptors (Lipinski definition) is 3. The summed E-state index contributed by atoms with van der Waals surface area (Å²) < 4.78 is 5.58. The minimum atomic E-state index is -0.391. The number of halogens is 1. The fourth-order valence-corrected chi connectivity index (χ4v) is 1.19. The Morgan fingerprint density at radius 1 is 1.71 bits per heavy atom. The highest BCUT2D eigenvalue weighted by molar-refractivity contribution is 6.30. The first kappa shape index (κ1) is 10.8. The van der Waals surface area contributed by atoms with Crippen LogP contribution in [0.15, 0.2) is 18.3 Å². The summed E-state index contributed by atoms with van der Waals surface area (Å²) in [7, 11) is 0. The lowest BCUT2D eigenvalue weighted by Gasteiger charge is -1.99. The predicted octanol–water partition coefficient (Wildman–Crippen LogP) is 0.970. The van der Waals surface area contributed by atoms with E-state index in [-0.39, 0.29) is 6.42 Å². The van der Waals surface area contributed by atoms with E-state index in [9.17, 15) is 10.0 Å². The van der Waals surface area contributed by atoms with Crippen LogP contribution in [-0.2, 0) is 16.0 Å². The van der Waals surface area contributed by atoms with E-state index in [1.54, 1.807) is 6.92 Å². The lowest BCUT2D eigenvalue weighted by Crippen LogP contribution is -2.36. The minimum Gasteiger partial charge on any atom is -0.466 e. The second kappa shape index (κ2) is 4.81. The van der Waals surface area contributed by atoms with Crippen LogP contribution in [-0.4, -0.2) is 17.8 Å². The molecule has 0 fully saturated rings. The van der Waals surface area contributed by atoms with Gasteiger partial charge in [-0.3, -0.25) is 10.0 Å². The topological polar surface area (TPSA) is 50.4 Å². The fraction of sp³-hybridized carbons (Fsp3) is 0.333. The van der Waals surface area contributed by atoms with Crippen LogP contribution in [0.4, 0.5) is 0 Å². The SMILES string of the molecule is CCOC(=O)Cc1cc(Cl)cc[n+]1O. The van der Waals surface area contributed by atoms with Crippen LogP contribution in [0.3, 0.4) is 0 Å². The molecule has 0 bridgehead atoms. The predicted molar refractivity (Wildman–Crippen MR) is 49.2 cm³/mol. The van der Waals surface area contributed by atoms with Gasteiger partial charge in [0.05, 0.1) is 11.6 Å². The summed E-state index contributed by atoms with van der Waals surface area (Å²) in [6.07, 6.45) is 1.38. The van der Waals surface area contributed by atoms with Crippen molar-refractivity contribution in [3.63, 3.8) is 0 Å². The molecule has 0 saturated heterocycles. The number of carbonyl (C=O) groups is 1. The van der Waals surface area contributed by atoms with E-state index in [1.807, 2.05) is 0 Å². The van der Waals surface area contributed by atoms with Crippen LogP contribution in [0.5, 0.6) is 0 Å². The second-order valence-electron chi connectivity index (χ2n) is 2.66. The third kappa shape index (κ3) is 2.88. The number of carbonyl (C=O) groups excluding carboxylic acids is 1. The zero-order valence-corrected chi connectivity index (χ0v) is 8.49. The molecule has 0 atom stereocenters. The maximum absolute atomic E-state index is 11.1. The molecule has 1 rings (SSSR count). The largest absolute Gasteiger partial charge is 0.466 e. The molecule has 0 aliphatic rings. The van der Waals surface area contributed by atoms with Crippen molar-refractivity contribution in [1.82, 2.24) is 0 Å². The molecule has 1 N–H and O–H groups in total. The van der Waals surface area contributed by atoms with E-state index >= 15 is 0 Å². The van der Waals surface area contributed by atoms with Gasteiger partial charge < -0.3 is 4.74 Å². The molecule has 0 spiro atoms. The van der Waals surface area contributed by atoms with Crippen LogP contribution >= 0.6 is 11.6 Å². The Kier molecular flexibility index (Phi) is 3.71. The molecule has 0 unspecified atom stereocenters. The molecule has 0 aliphatic carbocycles. The molecule has 0 aliphatic heterocycles. The molecule has 0 aromatic carbocycles. The van der Waals surface area contributed by atoms with Crippen molar-refractivity contribution in [1.29, 1.82) is 0 Å². The van der Waals surface area contributed by atoms with E-state index in [2.05, 4.69) is 0 Å². The molecule has 1 aromatic rings. The average Bonchev–Trinajstić information content (AvgIpc) is 2.12. The van der Waals surface area contributed by atoms with Gasteiger partial charge in [0.15, 0.2) is 0 Å². The van der Waals surface area contributed by atoms with Crippen LogP contribution in [0.1, 0.15) is 12.6 Å². The summed E-state index contributed by atoms with van der Waals surface area (Å²) >= 11 is 5.70. The standard InChI is InChI=1S/C9H11ClNO3/c1-2-14-9(12)6-8-5-7(10)3-4-11(8)13/h3-5,13H,2,6H2,1H3/q+1. The number of esters is 1. The van der Waals surface area contributed by atoms with Gasteiger partial charge in [0.25, 0.3) is 0 Å². The smallest absolute Gasteiger partial charge is 0.316 e. The van der Waals surface area contributed by atoms with Crippen molar-refractivity contribution in [2.24, 2.45) is 0 Å². The molecule has 5 heteroatoms. The van der Waals surface area contributed by atoms with Gasteiger partial charge in [0.2, 0.25) is 11.9 Å². The first-order chi connectivity index (χ1) is 6.63. The van der Waals surface area contributed by atoms with E-state index in [1.165, 1.54) is 18.3 Å². The Morgan fingerprint density at radius 2 is 2.43 bits per heavy atom. The van der Waals surface area contributed by atoms with Gasteiger partial charge >= 0.3 is 5.97 Å². The summed E-state index contributed by atoms with van der Waals surface area (Å²) in [6, 6.07) is 3.04. The van der Waals surface area contributed by atoms with Gasteiger partial charge in [-0.1, -0.05) is 11.6 Å². The zero-order chi connectivity index (χ0) is 10.6. The Morgan fingerprint density at radius 3 is 3.07 bits per heavy atom. The third-order valence-corrected chi connectivity index (χ3v) is 1.84. The van der Waals surface area contributed by atoms with E-state index in [0.29, 0.717) is 17.3 Å². The molecular weight excluding hydrogens is 206 g/mol. The lowest BCUT2D eigenvalue weighted by atomic mass is 10.3. The van der Waals surface area contributed by atoms with Crippen molar-refractivity contribution < 1.29 is 19.5 Å². The summed E-state index contributed by atoms with van der Waals surface area (Å²) in [6.45, 7) is 2.05. The average molecular weight is 217 g/mol. The summed E-state index contributed by atoms with van der Waals surface area (Å²) in [5.41, 5.74) is 0.399. The van der Waals surface area contributed by atoms with Crippen LogP contribution < -0.4 is 4.73 Å². The van der Waals surface area contributed by atoms with E-state index < -0.39 is 5.97 Å². The van der Waals surface area contributed by atoms with Gasteiger partial charge in [-0.05, 0) is 6.92 Å². The maximum atomic E-state index is 11.1. The molecule has 4 nitrogen and oxygen atoms in total. The Bertz CT molecular complexity index is 341. The summed E-state index contributed by atoms with van der Waals surface area (Å²) in [4.78, 5) is 11.1. The number of aromatic nitrogens is 1. The summed E-state index contributed by atoms with van der Waals surface area (Å²) in [5.74, 6) is -0.391. The maximum Gasteiger partial charge on any atom is 0.316 e. The van der Waals surface area contributed by atoms with Crippen LogP contribution in [0.2, 0.25) is 5.02 Å². The number of hydrogen-bond donors (Lipinski definition) is 1. The number of ether oxygens (including phenoxy) is 1. The van der Waals surface area contributed by atoms with Crippen molar-refractivity contribution in [3.05, 3.63) is 29.0 Å². The molecule has 0 amide bonds. The van der Waals surface area contributed by atoms with Crippen LogP contribution in [0, 0.1) is 0 Å². The normalized spacial score (nSPS) is 9.86. The summed E-state index contributed by atoms with van der Waals surface area (Å²) in [5, 5.41) is 9.77. The first-order valence-electron chi connectivity index (χ1n) is 4.18. The molecular formula is C9H11ClNO3+. The molecule has 1 aromatic heterocycles. The highest BCUT2D eigenvalue weighted by Gasteiger charge is 2.15. The van der Waals surface area contributed by atoms with Crippen LogP contribution in [0.25, 0.3) is 0 Å². The first-order valence-corrected chi connectivity index (χ1v) is 4.56. The highest BCUT2D eigenvalue weighted by Crippen LogP contribution is 2.07. The molecule has 1 heterocycles. The van der Waals surface area contributed by atoms with Crippen molar-refractivity contribution in [3.8, 4) is 0 Å². The minimum absolute atomic E-state index is 0.00486.